The van der Waals surface area contributed by atoms with Crippen LogP contribution in [-0.2, 0) is 0 Å². The van der Waals surface area contributed by atoms with Crippen molar-refractivity contribution in [1.29, 1.82) is 5.26 Å². The van der Waals surface area contributed by atoms with Crippen LogP contribution in [0.1, 0.15) is 12.5 Å². The fourth-order valence-electron chi connectivity index (χ4n) is 14.5. The van der Waals surface area contributed by atoms with Crippen LogP contribution in [0.2, 0.25) is 0 Å². The molecule has 0 amide bonds. The minimum Gasteiger partial charge on any atom is -0.354 e. The number of fused-ring (bicyclic) bond motifs is 16. The summed E-state index contributed by atoms with van der Waals surface area (Å²) in [5, 5.41) is 26.0. The number of hydrogen-bond donors (Lipinski definition) is 1. The Balaban J connectivity index is 1.21. The lowest BCUT2D eigenvalue weighted by atomic mass is 9.94. The van der Waals surface area contributed by atoms with E-state index in [1.54, 1.807) is 0 Å². The third kappa shape index (κ3) is 8.14. The van der Waals surface area contributed by atoms with Gasteiger partial charge in [0, 0.05) is 70.8 Å². The van der Waals surface area contributed by atoms with E-state index in [9.17, 15) is 5.26 Å². The van der Waals surface area contributed by atoms with Crippen LogP contribution in [0.25, 0.3) is 149 Å². The van der Waals surface area contributed by atoms with Crippen molar-refractivity contribution >= 4 is 115 Å². The molecule has 0 saturated heterocycles. The normalized spacial score (nSPS) is 12.3. The summed E-state index contributed by atoms with van der Waals surface area (Å²) in [6.45, 7) is 6.93. The number of benzene rings is 12. The first-order valence-electron chi connectivity index (χ1n) is 30.9. The minimum atomic E-state index is 0.560. The van der Waals surface area contributed by atoms with Crippen molar-refractivity contribution in [2.75, 3.05) is 5.32 Å². The Labute approximate surface area is 525 Å². The molecular formula is C84H57N7. The molecule has 7 nitrogen and oxygen atoms in total. The highest BCUT2D eigenvalue weighted by Crippen LogP contribution is 2.55. The number of hydrogen-bond acceptors (Lipinski definition) is 2. The number of nitrogens with zero attached hydrogens (tertiary/aromatic N) is 6. The summed E-state index contributed by atoms with van der Waals surface area (Å²) in [6.07, 6.45) is 16.3. The molecule has 0 aliphatic heterocycles. The number of para-hydroxylation sites is 9. The smallest absolute Gasteiger partial charge is 0.0991 e. The summed E-state index contributed by atoms with van der Waals surface area (Å²) < 4.78 is 12.6. The standard InChI is InChI=1S/C84H57N7/c1-3-4-5-6-7-8-10-29-55(2)86-79-77(57-50-48-56(54-85)49-51-57)81(88-68-40-21-13-32-59(68)60-33-14-22-41-69(60)88)83(90-72-44-25-17-36-63(72)64-37-18-26-45-73(64)90)84(82(79)89-70-42-23-15-34-61(70)62-35-16-24-43-71(62)89)91-74-46-27-19-38-65(74)66-52-53-76-78(80(66)91)67-39-20-28-47-75(67)87(76)58-30-11-9-12-31-58/h3-53,86H,2H2,1H3/b4-3-,6-5-,8-7-,29-10-. The fraction of sp³-hybridized carbons (Fsp3) is 0.0119. The quantitative estimate of drug-likeness (QED) is 0.124. The van der Waals surface area contributed by atoms with Crippen LogP contribution < -0.4 is 5.32 Å². The van der Waals surface area contributed by atoms with Gasteiger partial charge in [-0.25, -0.2) is 0 Å². The Kier molecular flexibility index (Phi) is 12.5. The van der Waals surface area contributed by atoms with Gasteiger partial charge in [0.2, 0.25) is 0 Å². The Hall–Kier alpha value is -12.4. The van der Waals surface area contributed by atoms with Crippen molar-refractivity contribution < 1.29 is 0 Å². The molecule has 0 saturated carbocycles. The molecule has 5 heterocycles. The Morgan fingerprint density at radius 2 is 0.736 bits per heavy atom. The zero-order valence-electron chi connectivity index (χ0n) is 49.8. The monoisotopic (exact) mass is 1160 g/mol. The molecule has 0 atom stereocenters. The van der Waals surface area contributed by atoms with E-state index in [1.165, 1.54) is 0 Å². The summed E-state index contributed by atoms with van der Waals surface area (Å²) in [5.74, 6) is 0. The molecule has 91 heavy (non-hydrogen) atoms. The van der Waals surface area contributed by atoms with E-state index in [4.69, 9.17) is 6.58 Å². The first kappa shape index (κ1) is 52.9. The number of anilines is 1. The molecule has 1 N–H and O–H groups in total. The molecule has 428 valence electrons. The number of nitrogens with one attached hydrogen (secondary N) is 1. The highest BCUT2D eigenvalue weighted by molar-refractivity contribution is 6.27. The van der Waals surface area contributed by atoms with Gasteiger partial charge in [0.1, 0.15) is 0 Å². The van der Waals surface area contributed by atoms with Crippen molar-refractivity contribution in [2.24, 2.45) is 0 Å². The molecule has 0 spiro atoms. The van der Waals surface area contributed by atoms with Gasteiger partial charge in [-0.15, -0.1) is 0 Å². The summed E-state index contributed by atoms with van der Waals surface area (Å²) in [5.41, 5.74) is 19.1. The van der Waals surface area contributed by atoms with E-state index in [0.29, 0.717) is 11.3 Å². The zero-order chi connectivity index (χ0) is 60.7. The summed E-state index contributed by atoms with van der Waals surface area (Å²) in [4.78, 5) is 0. The van der Waals surface area contributed by atoms with Gasteiger partial charge in [0.05, 0.1) is 95.2 Å². The molecule has 0 fully saturated rings. The van der Waals surface area contributed by atoms with Crippen LogP contribution in [0.5, 0.6) is 0 Å². The molecule has 7 heteroatoms. The van der Waals surface area contributed by atoms with Crippen molar-refractivity contribution in [3.63, 3.8) is 0 Å². The number of nitriles is 1. The molecule has 0 aliphatic carbocycles. The van der Waals surface area contributed by atoms with Crippen molar-refractivity contribution in [1.82, 2.24) is 22.8 Å². The largest absolute Gasteiger partial charge is 0.354 e. The zero-order valence-corrected chi connectivity index (χ0v) is 49.8. The highest BCUT2D eigenvalue weighted by Gasteiger charge is 2.36. The second-order valence-corrected chi connectivity index (χ2v) is 23.1. The van der Waals surface area contributed by atoms with E-state index < -0.39 is 0 Å². The van der Waals surface area contributed by atoms with Crippen molar-refractivity contribution in [2.45, 2.75) is 6.92 Å². The number of allylic oxidation sites excluding steroid dienone is 8. The SMILES string of the molecule is C=C(\C=C/C=C\C=C/C=C\C)Nc1c(-c2ccc(C#N)cc2)c(-n2c3ccccc3c3ccccc32)c(-n2c3ccccc3c3ccccc32)c(-n2c3ccccc3c3ccc4c(c5ccccc5n4-c4ccccc4)c32)c1-n1c2ccccc2c2ccccc21. The Morgan fingerprint density at radius 1 is 0.352 bits per heavy atom. The van der Waals surface area contributed by atoms with E-state index in [-0.39, 0.29) is 0 Å². The second kappa shape index (κ2) is 21.5. The van der Waals surface area contributed by atoms with Gasteiger partial charge in [-0.2, -0.15) is 5.26 Å². The molecule has 17 rings (SSSR count). The fourth-order valence-corrected chi connectivity index (χ4v) is 14.5. The first-order valence-corrected chi connectivity index (χ1v) is 30.9. The maximum Gasteiger partial charge on any atom is 0.0991 e. The van der Waals surface area contributed by atoms with Crippen LogP contribution in [0.15, 0.2) is 322 Å². The van der Waals surface area contributed by atoms with E-state index in [1.807, 2.05) is 61.6 Å². The summed E-state index contributed by atoms with van der Waals surface area (Å²) in [7, 11) is 0. The molecule has 0 aliphatic rings. The Morgan fingerprint density at radius 3 is 1.22 bits per heavy atom. The molecule has 0 radical (unpaired) electrons. The lowest BCUT2D eigenvalue weighted by Gasteiger charge is -2.31. The maximum atomic E-state index is 10.6. The second-order valence-electron chi connectivity index (χ2n) is 23.1. The van der Waals surface area contributed by atoms with Gasteiger partial charge < -0.3 is 28.2 Å². The highest BCUT2D eigenvalue weighted by atomic mass is 15.2. The average Bonchev–Trinajstić information content (AvgIpc) is 1.60. The van der Waals surface area contributed by atoms with Crippen LogP contribution in [0.3, 0.4) is 0 Å². The number of rotatable bonds is 12. The predicted molar refractivity (Wildman–Crippen MR) is 383 cm³/mol. The van der Waals surface area contributed by atoms with Crippen molar-refractivity contribution in [3.05, 3.63) is 327 Å². The molecule has 17 aromatic rings. The topological polar surface area (TPSA) is 60.5 Å². The van der Waals surface area contributed by atoms with Gasteiger partial charge >= 0.3 is 0 Å². The lowest BCUT2D eigenvalue weighted by Crippen LogP contribution is -2.17. The molecule has 5 aromatic heterocycles. The maximum absolute atomic E-state index is 10.6. The summed E-state index contributed by atoms with van der Waals surface area (Å²) >= 11 is 0. The van der Waals surface area contributed by atoms with Crippen LogP contribution in [0.4, 0.5) is 5.69 Å². The molecule has 0 bridgehead atoms. The van der Waals surface area contributed by atoms with Crippen LogP contribution in [0, 0.1) is 11.3 Å². The first-order chi connectivity index (χ1) is 45.1. The summed E-state index contributed by atoms with van der Waals surface area (Å²) in [6, 6.07) is 97.0. The van der Waals surface area contributed by atoms with Gasteiger partial charge in [0.15, 0.2) is 0 Å². The molecule has 0 unspecified atom stereocenters. The minimum absolute atomic E-state index is 0.560. The Bertz CT molecular complexity index is 5860. The van der Waals surface area contributed by atoms with Gasteiger partial charge in [0.25, 0.3) is 0 Å². The third-order valence-electron chi connectivity index (χ3n) is 18.1. The van der Waals surface area contributed by atoms with Gasteiger partial charge in [-0.1, -0.05) is 231 Å². The lowest BCUT2D eigenvalue weighted by molar-refractivity contribution is 1.03. The van der Waals surface area contributed by atoms with E-state index in [2.05, 4.69) is 289 Å². The average molecular weight is 1160 g/mol. The predicted octanol–water partition coefficient (Wildman–Crippen LogP) is 21.9. The number of aromatic nitrogens is 5. The molecule has 12 aromatic carbocycles. The molecular weight excluding hydrogens is 1110 g/mol. The van der Waals surface area contributed by atoms with E-state index in [0.717, 1.165) is 154 Å². The van der Waals surface area contributed by atoms with E-state index >= 15 is 0 Å². The van der Waals surface area contributed by atoms with Crippen LogP contribution >= 0.6 is 0 Å². The van der Waals surface area contributed by atoms with Crippen LogP contribution in [-0.4, -0.2) is 22.8 Å². The van der Waals surface area contributed by atoms with Gasteiger partial charge in [-0.3, -0.25) is 0 Å². The van der Waals surface area contributed by atoms with Crippen molar-refractivity contribution in [3.8, 4) is 45.6 Å². The third-order valence-corrected chi connectivity index (χ3v) is 18.1. The van der Waals surface area contributed by atoms with Gasteiger partial charge in [-0.05, 0) is 97.4 Å².